The molecule has 0 radical (unpaired) electrons. The van der Waals surface area contributed by atoms with E-state index in [4.69, 9.17) is 23.2 Å². The molecule has 0 aliphatic rings. The number of aromatic nitrogens is 3. The number of halogens is 2. The highest BCUT2D eigenvalue weighted by Crippen LogP contribution is 2.25. The average molecular weight is 355 g/mol. The summed E-state index contributed by atoms with van der Waals surface area (Å²) in [7, 11) is 1.89. The number of rotatable bonds is 5. The summed E-state index contributed by atoms with van der Waals surface area (Å²) < 4.78 is 1.84. The van der Waals surface area contributed by atoms with Crippen LogP contribution in [0.2, 0.25) is 10.0 Å². The normalized spacial score (nSPS) is 13.0. The van der Waals surface area contributed by atoms with Crippen molar-refractivity contribution < 1.29 is 0 Å². The number of benzene rings is 1. The highest BCUT2D eigenvalue weighted by molar-refractivity contribution is 6.35. The maximum absolute atomic E-state index is 6.26. The van der Waals surface area contributed by atoms with Gasteiger partial charge in [-0.25, -0.2) is 4.99 Å². The molecule has 1 aromatic heterocycles. The fourth-order valence-corrected chi connectivity index (χ4v) is 2.63. The number of guanidine groups is 1. The van der Waals surface area contributed by atoms with E-state index in [1.165, 1.54) is 0 Å². The molecule has 8 heteroatoms. The highest BCUT2D eigenvalue weighted by atomic mass is 35.5. The molecule has 0 fully saturated rings. The fraction of sp³-hybridized carbons (Fsp3) is 0.400. The van der Waals surface area contributed by atoms with Crippen LogP contribution < -0.4 is 10.6 Å². The van der Waals surface area contributed by atoms with Crippen molar-refractivity contribution in [3.05, 3.63) is 46.0 Å². The molecule has 0 bridgehead atoms. The van der Waals surface area contributed by atoms with Gasteiger partial charge in [0, 0.05) is 23.6 Å². The first-order chi connectivity index (χ1) is 11.0. The van der Waals surface area contributed by atoms with Crippen LogP contribution in [0.1, 0.15) is 31.3 Å². The minimum Gasteiger partial charge on any atom is -0.357 e. The Balaban J connectivity index is 2.10. The lowest BCUT2D eigenvalue weighted by molar-refractivity contribution is 0.682. The average Bonchev–Trinajstić information content (AvgIpc) is 2.90. The summed E-state index contributed by atoms with van der Waals surface area (Å²) >= 11 is 12.2. The van der Waals surface area contributed by atoms with Crippen molar-refractivity contribution >= 4 is 29.2 Å². The molecule has 1 heterocycles. The van der Waals surface area contributed by atoms with Gasteiger partial charge in [-0.15, -0.1) is 10.2 Å². The second kappa shape index (κ2) is 8.17. The van der Waals surface area contributed by atoms with Crippen LogP contribution in [0, 0.1) is 0 Å². The third kappa shape index (κ3) is 4.84. The molecular weight excluding hydrogens is 335 g/mol. The SMILES string of the molecule is CCNC(=NCc1nncn1C)NC(C)c1ccc(Cl)cc1Cl. The van der Waals surface area contributed by atoms with E-state index in [0.717, 1.165) is 17.9 Å². The first kappa shape index (κ1) is 17.6. The molecule has 23 heavy (non-hydrogen) atoms. The van der Waals surface area contributed by atoms with Gasteiger partial charge in [0.1, 0.15) is 12.9 Å². The van der Waals surface area contributed by atoms with Crippen LogP contribution in [0.25, 0.3) is 0 Å². The third-order valence-electron chi connectivity index (χ3n) is 3.31. The van der Waals surface area contributed by atoms with Gasteiger partial charge in [0.25, 0.3) is 0 Å². The van der Waals surface area contributed by atoms with E-state index < -0.39 is 0 Å². The Morgan fingerprint density at radius 3 is 2.78 bits per heavy atom. The van der Waals surface area contributed by atoms with Crippen molar-refractivity contribution in [3.63, 3.8) is 0 Å². The van der Waals surface area contributed by atoms with Gasteiger partial charge in [-0.3, -0.25) is 0 Å². The van der Waals surface area contributed by atoms with E-state index in [-0.39, 0.29) is 6.04 Å². The van der Waals surface area contributed by atoms with Gasteiger partial charge >= 0.3 is 0 Å². The number of hydrogen-bond donors (Lipinski definition) is 2. The van der Waals surface area contributed by atoms with E-state index in [0.29, 0.717) is 22.5 Å². The largest absolute Gasteiger partial charge is 0.357 e. The molecule has 2 N–H and O–H groups in total. The lowest BCUT2D eigenvalue weighted by atomic mass is 10.1. The zero-order valence-electron chi connectivity index (χ0n) is 13.3. The quantitative estimate of drug-likeness (QED) is 0.639. The maximum atomic E-state index is 6.26. The van der Waals surface area contributed by atoms with Gasteiger partial charge in [-0.05, 0) is 31.5 Å². The molecule has 0 spiro atoms. The lowest BCUT2D eigenvalue weighted by Crippen LogP contribution is -2.38. The Hall–Kier alpha value is -1.79. The number of nitrogens with zero attached hydrogens (tertiary/aromatic N) is 4. The summed E-state index contributed by atoms with van der Waals surface area (Å²) in [6, 6.07) is 5.46. The van der Waals surface area contributed by atoms with Crippen LogP contribution in [0.4, 0.5) is 0 Å². The van der Waals surface area contributed by atoms with Crippen molar-refractivity contribution in [2.45, 2.75) is 26.4 Å². The molecule has 2 aromatic rings. The standard InChI is InChI=1S/C15H20Cl2N6/c1-4-18-15(19-8-14-22-20-9-23(14)3)21-10(2)12-6-5-11(16)7-13(12)17/h5-7,9-10H,4,8H2,1-3H3,(H2,18,19,21). The first-order valence-electron chi connectivity index (χ1n) is 7.34. The summed E-state index contributed by atoms with van der Waals surface area (Å²) in [6.45, 7) is 5.22. The van der Waals surface area contributed by atoms with Gasteiger partial charge in [0.05, 0.1) is 6.04 Å². The van der Waals surface area contributed by atoms with E-state index in [9.17, 15) is 0 Å². The molecule has 2 rings (SSSR count). The molecule has 0 saturated heterocycles. The number of aliphatic imine (C=N–C) groups is 1. The molecule has 6 nitrogen and oxygen atoms in total. The van der Waals surface area contributed by atoms with Crippen LogP contribution in [0.5, 0.6) is 0 Å². The van der Waals surface area contributed by atoms with Crippen LogP contribution in [0.15, 0.2) is 29.5 Å². The van der Waals surface area contributed by atoms with E-state index >= 15 is 0 Å². The summed E-state index contributed by atoms with van der Waals surface area (Å²) in [5.74, 6) is 1.48. The topological polar surface area (TPSA) is 67.1 Å². The van der Waals surface area contributed by atoms with Crippen molar-refractivity contribution in [1.82, 2.24) is 25.4 Å². The van der Waals surface area contributed by atoms with E-state index in [1.807, 2.05) is 37.6 Å². The molecule has 1 atom stereocenters. The zero-order chi connectivity index (χ0) is 16.8. The van der Waals surface area contributed by atoms with Crippen molar-refractivity contribution in [1.29, 1.82) is 0 Å². The van der Waals surface area contributed by atoms with Crippen LogP contribution >= 0.6 is 23.2 Å². The van der Waals surface area contributed by atoms with Crippen LogP contribution in [0.3, 0.4) is 0 Å². The van der Waals surface area contributed by atoms with Gasteiger partial charge < -0.3 is 15.2 Å². The fourth-order valence-electron chi connectivity index (χ4n) is 2.06. The second-order valence-electron chi connectivity index (χ2n) is 5.09. The molecule has 0 aliphatic carbocycles. The van der Waals surface area contributed by atoms with Crippen molar-refractivity contribution in [2.24, 2.45) is 12.0 Å². The smallest absolute Gasteiger partial charge is 0.192 e. The number of aryl methyl sites for hydroxylation is 1. The van der Waals surface area contributed by atoms with Crippen LogP contribution in [-0.4, -0.2) is 27.3 Å². The molecular formula is C15H20Cl2N6. The zero-order valence-corrected chi connectivity index (χ0v) is 14.9. The highest BCUT2D eigenvalue weighted by Gasteiger charge is 2.12. The Morgan fingerprint density at radius 1 is 1.39 bits per heavy atom. The molecule has 1 aromatic carbocycles. The summed E-state index contributed by atoms with van der Waals surface area (Å²) in [6.07, 6.45) is 1.65. The molecule has 0 amide bonds. The number of hydrogen-bond acceptors (Lipinski definition) is 3. The van der Waals surface area contributed by atoms with Crippen molar-refractivity contribution in [2.75, 3.05) is 6.54 Å². The molecule has 0 saturated carbocycles. The molecule has 124 valence electrons. The number of nitrogens with one attached hydrogen (secondary N) is 2. The summed E-state index contributed by atoms with van der Waals surface area (Å²) in [4.78, 5) is 4.53. The van der Waals surface area contributed by atoms with Gasteiger partial charge in [0.15, 0.2) is 11.8 Å². The van der Waals surface area contributed by atoms with Crippen LogP contribution in [-0.2, 0) is 13.6 Å². The van der Waals surface area contributed by atoms with Gasteiger partial charge in [-0.2, -0.15) is 0 Å². The first-order valence-corrected chi connectivity index (χ1v) is 8.09. The Kier molecular flexibility index (Phi) is 6.24. The monoisotopic (exact) mass is 354 g/mol. The minimum atomic E-state index is -0.0166. The predicted octanol–water partition coefficient (Wildman–Crippen LogP) is 2.94. The van der Waals surface area contributed by atoms with E-state index in [2.05, 4.69) is 25.8 Å². The summed E-state index contributed by atoms with van der Waals surface area (Å²) in [5, 5.41) is 15.7. The van der Waals surface area contributed by atoms with E-state index in [1.54, 1.807) is 12.4 Å². The maximum Gasteiger partial charge on any atom is 0.192 e. The Bertz CT molecular complexity index is 682. The van der Waals surface area contributed by atoms with Crippen molar-refractivity contribution in [3.8, 4) is 0 Å². The Labute approximate surface area is 145 Å². The van der Waals surface area contributed by atoms with Gasteiger partial charge in [0.2, 0.25) is 0 Å². The Morgan fingerprint density at radius 2 is 2.17 bits per heavy atom. The second-order valence-corrected chi connectivity index (χ2v) is 5.93. The van der Waals surface area contributed by atoms with Gasteiger partial charge in [-0.1, -0.05) is 29.3 Å². The lowest BCUT2D eigenvalue weighted by Gasteiger charge is -2.19. The molecule has 0 aliphatic heterocycles. The summed E-state index contributed by atoms with van der Waals surface area (Å²) in [5.41, 5.74) is 0.959. The molecule has 1 unspecified atom stereocenters. The minimum absolute atomic E-state index is 0.0166. The third-order valence-corrected chi connectivity index (χ3v) is 3.87. The predicted molar refractivity (Wildman–Crippen MR) is 93.8 cm³/mol.